The van der Waals surface area contributed by atoms with Gasteiger partial charge in [0, 0.05) is 31.8 Å². The van der Waals surface area contributed by atoms with Crippen LogP contribution >= 0.6 is 34.8 Å². The molecule has 0 aliphatic carbocycles. The number of rotatable bonds is 10. The summed E-state index contributed by atoms with van der Waals surface area (Å²) >= 11 is 18.2. The zero-order chi connectivity index (χ0) is 26.4. The van der Waals surface area contributed by atoms with E-state index in [0.717, 1.165) is 16.8 Å². The lowest BCUT2D eigenvalue weighted by atomic mass is 9.82. The van der Waals surface area contributed by atoms with Crippen LogP contribution in [0.15, 0.2) is 42.5 Å². The van der Waals surface area contributed by atoms with Crippen LogP contribution in [0.3, 0.4) is 0 Å². The number of carboxylic acid groups (broad SMARTS) is 1. The van der Waals surface area contributed by atoms with Crippen LogP contribution in [0.2, 0.25) is 15.1 Å². The molecule has 0 bridgehead atoms. The zero-order valence-electron chi connectivity index (χ0n) is 18.6. The first-order chi connectivity index (χ1) is 16.3. The highest BCUT2D eigenvalue weighted by molar-refractivity contribution is 6.42. The molecule has 0 fully saturated rings. The van der Waals surface area contributed by atoms with Crippen molar-refractivity contribution in [3.8, 4) is 0 Å². The molecule has 35 heavy (non-hydrogen) atoms. The van der Waals surface area contributed by atoms with Crippen molar-refractivity contribution in [1.29, 1.82) is 0 Å². The molecule has 0 aliphatic heterocycles. The number of likely N-dealkylation sites (N-methyl/N-ethyl adjacent to an activating group) is 1. The molecule has 1 N–H and O–H groups in total. The Bertz CT molecular complexity index is 1040. The van der Waals surface area contributed by atoms with Gasteiger partial charge in [-0.05, 0) is 48.2 Å². The number of amides is 2. The van der Waals surface area contributed by atoms with Gasteiger partial charge in [-0.25, -0.2) is 0 Å². The fourth-order valence-corrected chi connectivity index (χ4v) is 4.22. The lowest BCUT2D eigenvalue weighted by Crippen LogP contribution is -2.59. The van der Waals surface area contributed by atoms with Crippen LogP contribution in [0.4, 0.5) is 18.0 Å². The van der Waals surface area contributed by atoms with Crippen LogP contribution in [-0.4, -0.2) is 53.3 Å². The Morgan fingerprint density at radius 3 is 2.17 bits per heavy atom. The largest absolute Gasteiger partial charge is 0.530 e. The summed E-state index contributed by atoms with van der Waals surface area (Å²) in [5, 5.41) is 22.7. The van der Waals surface area contributed by atoms with E-state index in [1.165, 1.54) is 18.2 Å². The van der Waals surface area contributed by atoms with Crippen molar-refractivity contribution in [2.24, 2.45) is 0 Å². The molecule has 0 aliphatic rings. The summed E-state index contributed by atoms with van der Waals surface area (Å²) in [4.78, 5) is 26.6. The number of carbonyl (C=O) groups is 2. The molecule has 2 aromatic carbocycles. The van der Waals surface area contributed by atoms with E-state index < -0.39 is 36.7 Å². The summed E-state index contributed by atoms with van der Waals surface area (Å²) in [5.74, 6) is -1.25. The van der Waals surface area contributed by atoms with Gasteiger partial charge in [0.05, 0.1) is 15.6 Å². The van der Waals surface area contributed by atoms with Crippen molar-refractivity contribution in [2.75, 3.05) is 20.2 Å². The van der Waals surface area contributed by atoms with Crippen molar-refractivity contribution in [3.63, 3.8) is 0 Å². The van der Waals surface area contributed by atoms with Gasteiger partial charge in [0.25, 0.3) is 0 Å². The summed E-state index contributed by atoms with van der Waals surface area (Å²) in [6.45, 7) is -1.06. The number of aliphatic hydroxyl groups is 1. The number of hydrogen-bond donors (Lipinski definition) is 1. The van der Waals surface area contributed by atoms with Crippen molar-refractivity contribution in [2.45, 2.75) is 37.5 Å². The average molecular weight is 555 g/mol. The number of alkyl halides is 3. The van der Waals surface area contributed by atoms with E-state index in [1.807, 2.05) is 0 Å². The molecule has 0 unspecified atom stereocenters. The van der Waals surface area contributed by atoms with E-state index in [2.05, 4.69) is 0 Å². The number of aliphatic hydroxyl groups excluding tert-OH is 1. The molecule has 2 amide bonds. The SMILES string of the molecule is CN(C[C@](CCCO)(c1ccc(Cl)c(Cl)c1)N(Cc1ccc(Cl)cc1)C(=O)[O-])C(=O)CC(F)(F)F. The first-order valence-corrected chi connectivity index (χ1v) is 11.5. The van der Waals surface area contributed by atoms with E-state index in [-0.39, 0.29) is 41.6 Å². The van der Waals surface area contributed by atoms with Gasteiger partial charge in [-0.15, -0.1) is 0 Å². The van der Waals surface area contributed by atoms with Gasteiger partial charge >= 0.3 is 6.18 Å². The molecule has 0 spiro atoms. The van der Waals surface area contributed by atoms with Gasteiger partial charge in [-0.3, -0.25) is 4.79 Å². The van der Waals surface area contributed by atoms with Crippen LogP contribution in [0.1, 0.15) is 30.4 Å². The van der Waals surface area contributed by atoms with E-state index in [4.69, 9.17) is 34.8 Å². The monoisotopic (exact) mass is 553 g/mol. The Hall–Kier alpha value is -2.20. The van der Waals surface area contributed by atoms with Crippen molar-refractivity contribution < 1.29 is 33.0 Å². The summed E-state index contributed by atoms with van der Waals surface area (Å²) in [6, 6.07) is 10.6. The van der Waals surface area contributed by atoms with Crippen LogP contribution < -0.4 is 5.11 Å². The van der Waals surface area contributed by atoms with E-state index in [9.17, 15) is 33.0 Å². The molecule has 12 heteroatoms. The Labute approximate surface area is 215 Å². The number of carbonyl (C=O) groups excluding carboxylic acids is 2. The van der Waals surface area contributed by atoms with Gasteiger partial charge < -0.3 is 24.8 Å². The first-order valence-electron chi connectivity index (χ1n) is 10.4. The van der Waals surface area contributed by atoms with Gasteiger partial charge in [0.15, 0.2) is 0 Å². The van der Waals surface area contributed by atoms with Crippen LogP contribution in [0, 0.1) is 0 Å². The molecule has 0 radical (unpaired) electrons. The highest BCUT2D eigenvalue weighted by Gasteiger charge is 2.42. The third kappa shape index (κ3) is 7.90. The number of nitrogens with zero attached hydrogens (tertiary/aromatic N) is 2. The molecule has 0 aromatic heterocycles. The average Bonchev–Trinajstić information content (AvgIpc) is 2.76. The van der Waals surface area contributed by atoms with Crippen LogP contribution in [-0.2, 0) is 16.9 Å². The maximum Gasteiger partial charge on any atom is 0.397 e. The third-order valence-electron chi connectivity index (χ3n) is 5.47. The lowest BCUT2D eigenvalue weighted by Gasteiger charge is -2.48. The maximum absolute atomic E-state index is 12.9. The summed E-state index contributed by atoms with van der Waals surface area (Å²) < 4.78 is 38.7. The minimum atomic E-state index is -4.75. The predicted octanol–water partition coefficient (Wildman–Crippen LogP) is 4.87. The van der Waals surface area contributed by atoms with Crippen LogP contribution in [0.25, 0.3) is 0 Å². The molecule has 2 rings (SSSR count). The van der Waals surface area contributed by atoms with Gasteiger partial charge in [-0.2, -0.15) is 13.2 Å². The Balaban J connectivity index is 2.66. The van der Waals surface area contributed by atoms with E-state index in [0.29, 0.717) is 10.6 Å². The molecular formula is C23H23Cl3F3N2O4-. The molecular weight excluding hydrogens is 532 g/mol. The van der Waals surface area contributed by atoms with E-state index >= 15 is 0 Å². The standard InChI is InChI=1S/C23H24Cl3F3N2O4/c1-30(20(33)12-23(27,28)29)14-22(9-2-10-32,16-5-8-18(25)19(26)11-16)31(21(34)35)13-15-3-6-17(24)7-4-15/h3-8,11,32H,2,9-10,12-14H2,1H3,(H,34,35)/p-1/t22-/m1/s1. The molecule has 2 aromatic rings. The van der Waals surface area contributed by atoms with Crippen LogP contribution in [0.5, 0.6) is 0 Å². The normalized spacial score (nSPS) is 13.3. The Morgan fingerprint density at radius 2 is 1.66 bits per heavy atom. The minimum Gasteiger partial charge on any atom is -0.530 e. The number of halogens is 6. The smallest absolute Gasteiger partial charge is 0.397 e. The predicted molar refractivity (Wildman–Crippen MR) is 125 cm³/mol. The quantitative estimate of drug-likeness (QED) is 0.454. The summed E-state index contributed by atoms with van der Waals surface area (Å²) in [5.41, 5.74) is -0.854. The van der Waals surface area contributed by atoms with Gasteiger partial charge in [0.1, 0.15) is 12.5 Å². The van der Waals surface area contributed by atoms with Gasteiger partial charge in [-0.1, -0.05) is 53.0 Å². The molecule has 0 saturated carbocycles. The molecule has 6 nitrogen and oxygen atoms in total. The molecule has 1 atom stereocenters. The highest BCUT2D eigenvalue weighted by Crippen LogP contribution is 2.39. The zero-order valence-corrected chi connectivity index (χ0v) is 20.9. The summed E-state index contributed by atoms with van der Waals surface area (Å²) in [7, 11) is 1.15. The third-order valence-corrected chi connectivity index (χ3v) is 6.46. The van der Waals surface area contributed by atoms with Crippen molar-refractivity contribution >= 4 is 46.8 Å². The topological polar surface area (TPSA) is 83.9 Å². The van der Waals surface area contributed by atoms with E-state index in [1.54, 1.807) is 24.3 Å². The minimum absolute atomic E-state index is 0.0615. The lowest BCUT2D eigenvalue weighted by molar-refractivity contribution is -0.274. The van der Waals surface area contributed by atoms with Crippen molar-refractivity contribution in [3.05, 3.63) is 68.7 Å². The Kier molecular flexibility index (Phi) is 10.1. The fourth-order valence-electron chi connectivity index (χ4n) is 3.80. The number of hydrogen-bond acceptors (Lipinski definition) is 4. The summed E-state index contributed by atoms with van der Waals surface area (Å²) in [6.07, 6.45) is -8.11. The molecule has 0 heterocycles. The fraction of sp³-hybridized carbons (Fsp3) is 0.391. The first kappa shape index (κ1) is 29.0. The van der Waals surface area contributed by atoms with Crippen molar-refractivity contribution in [1.82, 2.24) is 9.80 Å². The second-order valence-corrected chi connectivity index (χ2v) is 9.26. The second kappa shape index (κ2) is 12.2. The second-order valence-electron chi connectivity index (χ2n) is 8.01. The number of benzene rings is 2. The molecule has 0 saturated heterocycles. The van der Waals surface area contributed by atoms with Gasteiger partial charge in [0.2, 0.25) is 5.91 Å². The highest BCUT2D eigenvalue weighted by atomic mass is 35.5. The maximum atomic E-state index is 12.9. The molecule has 192 valence electrons. The Morgan fingerprint density at radius 1 is 1.03 bits per heavy atom.